The van der Waals surface area contributed by atoms with E-state index in [1.165, 1.54) is 111 Å². The molecule has 0 amide bonds. The molecule has 2 heterocycles. The standard InChI is InChI=1S/C76H57NO2/c1-44-37-45(2)72(46(3)38-44)77(50-31-33-52-57-42-62-58(43-61(57)75(6,7)60(52)39-50)69-59(74(62,4)5)35-36-67-70(69)54-27-17-19-29-65(54)78-67)51-32-34-53-63(40-51)76(48-23-13-9-14-24-48,49-25-15-10-16-26-49)64-41-56(47-21-11-8-12-22-47)73-71(68(53)64)55-28-18-20-30-66(55)79-73/h8-43H,1-7H3. The average Bonchev–Trinajstić information content (AvgIpc) is 3.12. The van der Waals surface area contributed by atoms with Crippen molar-refractivity contribution in [3.8, 4) is 44.5 Å². The molecule has 3 aliphatic carbocycles. The lowest BCUT2D eigenvalue weighted by Gasteiger charge is -2.35. The molecular weight excluding hydrogens is 959 g/mol. The van der Waals surface area contributed by atoms with Crippen molar-refractivity contribution >= 4 is 60.9 Å². The Morgan fingerprint density at radius 3 is 1.53 bits per heavy atom. The summed E-state index contributed by atoms with van der Waals surface area (Å²) in [6, 6.07) is 81.7. The first-order chi connectivity index (χ1) is 38.4. The van der Waals surface area contributed by atoms with Gasteiger partial charge in [-0.1, -0.05) is 191 Å². The van der Waals surface area contributed by atoms with Gasteiger partial charge in [0.1, 0.15) is 22.3 Å². The van der Waals surface area contributed by atoms with Crippen LogP contribution in [0, 0.1) is 20.8 Å². The summed E-state index contributed by atoms with van der Waals surface area (Å²) in [5.41, 5.74) is 29.9. The first kappa shape index (κ1) is 46.0. The quantitative estimate of drug-likeness (QED) is 0.166. The summed E-state index contributed by atoms with van der Waals surface area (Å²) >= 11 is 0. The first-order valence-electron chi connectivity index (χ1n) is 27.9. The molecule has 3 aliphatic rings. The molecule has 0 bridgehead atoms. The minimum absolute atomic E-state index is 0.196. The van der Waals surface area contributed by atoms with E-state index in [9.17, 15) is 0 Å². The third-order valence-corrected chi connectivity index (χ3v) is 18.6. The zero-order valence-electron chi connectivity index (χ0n) is 45.5. The number of nitrogens with zero attached hydrogens (tertiary/aromatic N) is 1. The maximum Gasteiger partial charge on any atom is 0.143 e. The predicted molar refractivity (Wildman–Crippen MR) is 328 cm³/mol. The molecule has 0 atom stereocenters. The van der Waals surface area contributed by atoms with Crippen LogP contribution in [-0.2, 0) is 16.2 Å². The molecule has 16 rings (SSSR count). The van der Waals surface area contributed by atoms with E-state index in [4.69, 9.17) is 8.83 Å². The minimum Gasteiger partial charge on any atom is -0.456 e. The monoisotopic (exact) mass is 1020 g/mol. The number of fused-ring (bicyclic) bond motifs is 17. The van der Waals surface area contributed by atoms with E-state index in [1.807, 2.05) is 0 Å². The van der Waals surface area contributed by atoms with Gasteiger partial charge in [-0.25, -0.2) is 0 Å². The fourth-order valence-corrected chi connectivity index (χ4v) is 15.1. The van der Waals surface area contributed by atoms with Gasteiger partial charge < -0.3 is 13.7 Å². The van der Waals surface area contributed by atoms with E-state index in [0.717, 1.165) is 55.6 Å². The Balaban J connectivity index is 0.942. The summed E-state index contributed by atoms with van der Waals surface area (Å²) in [5, 5.41) is 4.66. The molecule has 3 nitrogen and oxygen atoms in total. The first-order valence-corrected chi connectivity index (χ1v) is 27.9. The molecule has 378 valence electrons. The number of para-hydroxylation sites is 2. The van der Waals surface area contributed by atoms with Gasteiger partial charge in [-0.15, -0.1) is 0 Å². The van der Waals surface area contributed by atoms with E-state index in [-0.39, 0.29) is 10.8 Å². The van der Waals surface area contributed by atoms with Crippen LogP contribution in [0.4, 0.5) is 17.1 Å². The summed E-state index contributed by atoms with van der Waals surface area (Å²) in [7, 11) is 0. The number of furan rings is 2. The van der Waals surface area contributed by atoms with Crippen LogP contribution < -0.4 is 4.90 Å². The minimum atomic E-state index is -0.703. The van der Waals surface area contributed by atoms with Gasteiger partial charge in [0.15, 0.2) is 0 Å². The van der Waals surface area contributed by atoms with Crippen LogP contribution in [0.3, 0.4) is 0 Å². The van der Waals surface area contributed by atoms with Crippen LogP contribution in [0.25, 0.3) is 88.4 Å². The third kappa shape index (κ3) is 6.13. The van der Waals surface area contributed by atoms with Crippen molar-refractivity contribution in [3.05, 3.63) is 280 Å². The number of hydrogen-bond donors (Lipinski definition) is 0. The predicted octanol–water partition coefficient (Wildman–Crippen LogP) is 20.5. The smallest absolute Gasteiger partial charge is 0.143 e. The van der Waals surface area contributed by atoms with Crippen LogP contribution in [-0.4, -0.2) is 0 Å². The highest BCUT2D eigenvalue weighted by Crippen LogP contribution is 2.63. The molecule has 0 spiro atoms. The normalized spacial score (nSPS) is 14.8. The second-order valence-electron chi connectivity index (χ2n) is 23.7. The molecular formula is C76H57NO2. The Hall–Kier alpha value is -9.18. The van der Waals surface area contributed by atoms with Crippen LogP contribution in [0.5, 0.6) is 0 Å². The van der Waals surface area contributed by atoms with Crippen molar-refractivity contribution < 1.29 is 8.83 Å². The van der Waals surface area contributed by atoms with Gasteiger partial charge in [-0.05, 0) is 176 Å². The number of benzene rings is 11. The zero-order valence-corrected chi connectivity index (χ0v) is 45.5. The number of rotatable bonds is 6. The fourth-order valence-electron chi connectivity index (χ4n) is 15.1. The van der Waals surface area contributed by atoms with Crippen molar-refractivity contribution in [1.29, 1.82) is 0 Å². The largest absolute Gasteiger partial charge is 0.456 e. The molecule has 11 aromatic carbocycles. The Morgan fingerprint density at radius 1 is 0.354 bits per heavy atom. The molecule has 3 heteroatoms. The lowest BCUT2D eigenvalue weighted by molar-refractivity contribution is 0.651. The molecule has 0 saturated carbocycles. The summed E-state index contributed by atoms with van der Waals surface area (Å²) < 4.78 is 13.5. The molecule has 79 heavy (non-hydrogen) atoms. The maximum absolute atomic E-state index is 7.01. The summed E-state index contributed by atoms with van der Waals surface area (Å²) in [4.78, 5) is 2.56. The topological polar surface area (TPSA) is 29.5 Å². The Labute approximate surface area is 461 Å². The van der Waals surface area contributed by atoms with Crippen molar-refractivity contribution in [3.63, 3.8) is 0 Å². The Bertz CT molecular complexity index is 4680. The van der Waals surface area contributed by atoms with E-state index < -0.39 is 5.41 Å². The molecule has 0 aliphatic heterocycles. The molecule has 0 radical (unpaired) electrons. The van der Waals surface area contributed by atoms with E-state index in [2.05, 4.69) is 272 Å². The van der Waals surface area contributed by atoms with Crippen LogP contribution in [0.2, 0.25) is 0 Å². The van der Waals surface area contributed by atoms with Crippen LogP contribution in [0.15, 0.2) is 227 Å². The van der Waals surface area contributed by atoms with Gasteiger partial charge in [0.25, 0.3) is 0 Å². The summed E-state index contributed by atoms with van der Waals surface area (Å²) in [6.45, 7) is 16.4. The van der Waals surface area contributed by atoms with Gasteiger partial charge in [0, 0.05) is 49.3 Å². The number of aryl methyl sites for hydroxylation is 3. The zero-order chi connectivity index (χ0) is 53.3. The number of hydrogen-bond acceptors (Lipinski definition) is 3. The molecule has 0 N–H and O–H groups in total. The summed E-state index contributed by atoms with van der Waals surface area (Å²) in [5.74, 6) is 0. The second kappa shape index (κ2) is 16.2. The van der Waals surface area contributed by atoms with E-state index in [0.29, 0.717) is 0 Å². The van der Waals surface area contributed by atoms with E-state index >= 15 is 0 Å². The molecule has 13 aromatic rings. The lowest BCUT2D eigenvalue weighted by Crippen LogP contribution is -2.29. The summed E-state index contributed by atoms with van der Waals surface area (Å²) in [6.07, 6.45) is 0. The van der Waals surface area contributed by atoms with Gasteiger partial charge in [0.05, 0.1) is 11.1 Å². The highest BCUT2D eigenvalue weighted by atomic mass is 16.3. The van der Waals surface area contributed by atoms with E-state index in [1.54, 1.807) is 0 Å². The van der Waals surface area contributed by atoms with Crippen molar-refractivity contribution in [2.75, 3.05) is 4.90 Å². The Morgan fingerprint density at radius 2 is 0.861 bits per heavy atom. The van der Waals surface area contributed by atoms with Gasteiger partial charge in [-0.3, -0.25) is 0 Å². The molecule has 0 fully saturated rings. The molecule has 2 aromatic heterocycles. The number of anilines is 3. The van der Waals surface area contributed by atoms with Crippen molar-refractivity contribution in [2.45, 2.75) is 64.7 Å². The van der Waals surface area contributed by atoms with Gasteiger partial charge in [0.2, 0.25) is 0 Å². The van der Waals surface area contributed by atoms with Crippen LogP contribution >= 0.6 is 0 Å². The van der Waals surface area contributed by atoms with Gasteiger partial charge in [-0.2, -0.15) is 0 Å². The van der Waals surface area contributed by atoms with Crippen LogP contribution in [0.1, 0.15) is 88.9 Å². The molecule has 0 saturated heterocycles. The highest BCUT2D eigenvalue weighted by molar-refractivity contribution is 6.20. The fraction of sp³-hybridized carbons (Fsp3) is 0.132. The third-order valence-electron chi connectivity index (χ3n) is 18.6. The SMILES string of the molecule is Cc1cc(C)c(N(c2ccc3c(c2)C(C)(C)c2cc4c(cc2-3)C(C)(C)c2ccc3oc5ccccc5c3c2-4)c2ccc3c(c2)C(c2ccccc2)(c2ccccc2)c2cc(-c4ccccc4)c4oc5ccccc5c4c2-3)c(C)c1. The maximum atomic E-state index is 7.01. The highest BCUT2D eigenvalue weighted by Gasteiger charge is 2.49. The van der Waals surface area contributed by atoms with Gasteiger partial charge >= 0.3 is 0 Å². The Kier molecular flexibility index (Phi) is 9.42. The average molecular weight is 1020 g/mol. The lowest BCUT2D eigenvalue weighted by atomic mass is 9.67. The van der Waals surface area contributed by atoms with Crippen molar-refractivity contribution in [2.24, 2.45) is 0 Å². The van der Waals surface area contributed by atoms with Crippen molar-refractivity contribution in [1.82, 2.24) is 0 Å². The second-order valence-corrected chi connectivity index (χ2v) is 23.7. The molecule has 0 unspecified atom stereocenters.